The summed E-state index contributed by atoms with van der Waals surface area (Å²) in [6, 6.07) is -0.0525. The highest BCUT2D eigenvalue weighted by Gasteiger charge is 2.44. The van der Waals surface area contributed by atoms with E-state index < -0.39 is 0 Å². The van der Waals surface area contributed by atoms with Gasteiger partial charge in [-0.25, -0.2) is 14.8 Å². The molecule has 2 aliphatic carbocycles. The molecular weight excluding hydrogens is 302 g/mol. The van der Waals surface area contributed by atoms with Gasteiger partial charge in [0.1, 0.15) is 11.1 Å². The van der Waals surface area contributed by atoms with Gasteiger partial charge in [0.2, 0.25) is 0 Å². The van der Waals surface area contributed by atoms with Crippen molar-refractivity contribution >= 4 is 17.1 Å². The Bertz CT molecular complexity index is 818. The number of aromatic nitrogens is 3. The molecule has 4 rings (SSSR count). The minimum Gasteiger partial charge on any atom is -0.344 e. The number of fused-ring (bicyclic) bond motifs is 1. The maximum Gasteiger partial charge on any atom is 0.447 e. The fraction of sp³-hybridized carbons (Fsp3) is 0.611. The first kappa shape index (κ1) is 15.4. The molecule has 1 amide bonds. The highest BCUT2D eigenvalue weighted by atomic mass is 16.2. The lowest BCUT2D eigenvalue weighted by Crippen LogP contribution is -2.43. The van der Waals surface area contributed by atoms with Gasteiger partial charge in [-0.05, 0) is 25.7 Å². The summed E-state index contributed by atoms with van der Waals surface area (Å²) in [5.74, 6) is 0.215. The predicted molar refractivity (Wildman–Crippen MR) is 89.2 cm³/mol. The van der Waals surface area contributed by atoms with Crippen molar-refractivity contribution < 1.29 is 9.49 Å². The molecule has 126 valence electrons. The Morgan fingerprint density at radius 2 is 2.12 bits per heavy atom. The monoisotopic (exact) mass is 326 g/mol. The SMILES string of the molecule is CC1(C)CCCCC1[N+](=N)C(=O)c1c[nH]c2ncc(C3CC3)nc12. The van der Waals surface area contributed by atoms with E-state index in [2.05, 4.69) is 28.8 Å². The average molecular weight is 326 g/mol. The van der Waals surface area contributed by atoms with Gasteiger partial charge in [-0.1, -0.05) is 30.5 Å². The molecule has 1 atom stereocenters. The summed E-state index contributed by atoms with van der Waals surface area (Å²) in [5.41, 5.74) is 11.1. The average Bonchev–Trinajstić information content (AvgIpc) is 3.32. The largest absolute Gasteiger partial charge is 0.447 e. The van der Waals surface area contributed by atoms with Crippen molar-refractivity contribution in [1.29, 1.82) is 5.53 Å². The minimum atomic E-state index is -0.275. The quantitative estimate of drug-likeness (QED) is 0.660. The Morgan fingerprint density at radius 1 is 1.33 bits per heavy atom. The maximum absolute atomic E-state index is 13.0. The number of nitrogens with one attached hydrogen (secondary N) is 2. The van der Waals surface area contributed by atoms with Crippen molar-refractivity contribution in [2.75, 3.05) is 0 Å². The van der Waals surface area contributed by atoms with Crippen LogP contribution in [-0.4, -0.2) is 31.6 Å². The second-order valence-corrected chi connectivity index (χ2v) is 7.89. The van der Waals surface area contributed by atoms with Crippen LogP contribution in [0.2, 0.25) is 0 Å². The molecule has 2 aromatic heterocycles. The number of aromatic amines is 1. The minimum absolute atomic E-state index is 0.0212. The molecule has 2 saturated carbocycles. The zero-order valence-corrected chi connectivity index (χ0v) is 14.3. The zero-order chi connectivity index (χ0) is 16.9. The second kappa shape index (κ2) is 5.46. The third kappa shape index (κ3) is 2.54. The third-order valence-corrected chi connectivity index (χ3v) is 5.61. The first-order valence-corrected chi connectivity index (χ1v) is 8.86. The number of carbonyl (C=O) groups excluding carboxylic acids is 1. The summed E-state index contributed by atoms with van der Waals surface area (Å²) in [4.78, 5) is 25.0. The number of H-pyrrole nitrogens is 1. The van der Waals surface area contributed by atoms with Crippen LogP contribution in [0.3, 0.4) is 0 Å². The van der Waals surface area contributed by atoms with Gasteiger partial charge in [0.25, 0.3) is 0 Å². The van der Waals surface area contributed by atoms with E-state index in [1.807, 2.05) is 0 Å². The van der Waals surface area contributed by atoms with Gasteiger partial charge in [-0.15, -0.1) is 0 Å². The molecule has 0 aliphatic heterocycles. The van der Waals surface area contributed by atoms with Crippen LogP contribution in [0.1, 0.15) is 74.3 Å². The molecule has 2 N–H and O–H groups in total. The molecule has 0 radical (unpaired) electrons. The van der Waals surface area contributed by atoms with Crippen molar-refractivity contribution in [2.24, 2.45) is 5.41 Å². The Balaban J connectivity index is 1.67. The van der Waals surface area contributed by atoms with Gasteiger partial charge < -0.3 is 4.98 Å². The Kier molecular flexibility index (Phi) is 3.51. The molecule has 6 heteroatoms. The molecule has 2 aromatic rings. The molecule has 0 spiro atoms. The van der Waals surface area contributed by atoms with E-state index in [0.717, 1.165) is 37.8 Å². The molecule has 0 aromatic carbocycles. The number of amides is 1. The molecule has 6 nitrogen and oxygen atoms in total. The van der Waals surface area contributed by atoms with Crippen molar-refractivity contribution in [1.82, 2.24) is 15.0 Å². The Labute approximate surface area is 141 Å². The van der Waals surface area contributed by atoms with Crippen molar-refractivity contribution in [3.05, 3.63) is 23.7 Å². The van der Waals surface area contributed by atoms with E-state index in [9.17, 15) is 4.79 Å². The lowest BCUT2D eigenvalue weighted by Gasteiger charge is -2.32. The van der Waals surface area contributed by atoms with E-state index in [1.165, 1.54) is 11.1 Å². The fourth-order valence-electron chi connectivity index (χ4n) is 3.87. The second-order valence-electron chi connectivity index (χ2n) is 7.89. The standard InChI is InChI=1S/C18H23N5O/c1-18(2)8-4-3-5-14(18)23(19)17(24)12-9-20-16-15(12)22-13(10-21-16)11-6-7-11/h9-11,14,19H,3-8H2,1-2H3/p+1. The molecular formula is C18H24N5O+. The molecule has 2 fully saturated rings. The first-order chi connectivity index (χ1) is 11.5. The summed E-state index contributed by atoms with van der Waals surface area (Å²) >= 11 is 0. The van der Waals surface area contributed by atoms with Gasteiger partial charge in [-0.2, -0.15) is 0 Å². The van der Waals surface area contributed by atoms with E-state index in [1.54, 1.807) is 12.4 Å². The number of carbonyl (C=O) groups is 1. The van der Waals surface area contributed by atoms with Crippen LogP contribution < -0.4 is 0 Å². The topological polar surface area (TPSA) is 85.5 Å². The predicted octanol–water partition coefficient (Wildman–Crippen LogP) is 3.99. The summed E-state index contributed by atoms with van der Waals surface area (Å²) < 4.78 is 1.19. The van der Waals surface area contributed by atoms with Gasteiger partial charge in [0, 0.05) is 24.0 Å². The lowest BCUT2D eigenvalue weighted by molar-refractivity contribution is -0.578. The highest BCUT2D eigenvalue weighted by Crippen LogP contribution is 2.40. The Hall–Kier alpha value is -2.11. The van der Waals surface area contributed by atoms with E-state index in [4.69, 9.17) is 5.53 Å². The summed E-state index contributed by atoms with van der Waals surface area (Å²) in [6.07, 6.45) is 9.95. The van der Waals surface area contributed by atoms with Crippen LogP contribution in [-0.2, 0) is 0 Å². The van der Waals surface area contributed by atoms with Crippen LogP contribution in [0.4, 0.5) is 0 Å². The highest BCUT2D eigenvalue weighted by molar-refractivity contribution is 6.00. The first-order valence-electron chi connectivity index (χ1n) is 8.86. The molecule has 0 saturated heterocycles. The van der Waals surface area contributed by atoms with Crippen molar-refractivity contribution in [3.8, 4) is 0 Å². The van der Waals surface area contributed by atoms with Gasteiger partial charge in [-0.3, -0.25) is 0 Å². The van der Waals surface area contributed by atoms with Crippen molar-refractivity contribution in [3.63, 3.8) is 0 Å². The van der Waals surface area contributed by atoms with E-state index in [-0.39, 0.29) is 17.4 Å². The molecule has 0 bridgehead atoms. The summed E-state index contributed by atoms with van der Waals surface area (Å²) in [5, 5.41) is 0. The van der Waals surface area contributed by atoms with Crippen LogP contribution in [0.25, 0.3) is 11.2 Å². The lowest BCUT2D eigenvalue weighted by atomic mass is 9.73. The number of hydrogen-bond acceptors (Lipinski definition) is 4. The number of rotatable bonds is 3. The summed E-state index contributed by atoms with van der Waals surface area (Å²) in [7, 11) is 0. The van der Waals surface area contributed by atoms with Gasteiger partial charge in [0.05, 0.1) is 11.9 Å². The molecule has 2 heterocycles. The summed E-state index contributed by atoms with van der Waals surface area (Å²) in [6.45, 7) is 4.32. The zero-order valence-electron chi connectivity index (χ0n) is 14.3. The van der Waals surface area contributed by atoms with Crippen LogP contribution in [0.5, 0.6) is 0 Å². The Morgan fingerprint density at radius 3 is 2.83 bits per heavy atom. The van der Waals surface area contributed by atoms with Crippen molar-refractivity contribution in [2.45, 2.75) is 64.3 Å². The van der Waals surface area contributed by atoms with Crippen LogP contribution >= 0.6 is 0 Å². The maximum atomic E-state index is 13.0. The molecule has 24 heavy (non-hydrogen) atoms. The van der Waals surface area contributed by atoms with Crippen LogP contribution in [0, 0.1) is 10.9 Å². The third-order valence-electron chi connectivity index (χ3n) is 5.61. The fourth-order valence-corrected chi connectivity index (χ4v) is 3.87. The van der Waals surface area contributed by atoms with Gasteiger partial charge >= 0.3 is 5.91 Å². The normalized spacial score (nSPS) is 23.3. The van der Waals surface area contributed by atoms with Crippen LogP contribution in [0.15, 0.2) is 12.4 Å². The smallest absolute Gasteiger partial charge is 0.344 e. The van der Waals surface area contributed by atoms with E-state index in [0.29, 0.717) is 22.6 Å². The van der Waals surface area contributed by atoms with E-state index >= 15 is 0 Å². The molecule has 2 aliphatic rings. The number of hydrogen-bond donors (Lipinski definition) is 2. The van der Waals surface area contributed by atoms with Gasteiger partial charge in [0.15, 0.2) is 11.7 Å². The number of nitrogens with zero attached hydrogens (tertiary/aromatic N) is 3. The molecule has 1 unspecified atom stereocenters.